The number of alkyl halides is 6. The summed E-state index contributed by atoms with van der Waals surface area (Å²) in [6, 6.07) is 28.2. The molecule has 4 aromatic rings. The molecule has 0 nitrogen and oxygen atoms in total. The molecule has 0 spiro atoms. The van der Waals surface area contributed by atoms with E-state index in [1.807, 2.05) is 24.3 Å². The van der Waals surface area contributed by atoms with Crippen molar-refractivity contribution in [1.82, 2.24) is 0 Å². The molecule has 0 radical (unpaired) electrons. The molecule has 0 atom stereocenters. The van der Waals surface area contributed by atoms with Gasteiger partial charge in [0.05, 0.1) is 0 Å². The van der Waals surface area contributed by atoms with Crippen LogP contribution in [-0.2, 0) is 46.1 Å². The second-order valence-electron chi connectivity index (χ2n) is 14.8. The Balaban J connectivity index is 0.00000281. The summed E-state index contributed by atoms with van der Waals surface area (Å²) in [5.74, 6) is 0. The first-order chi connectivity index (χ1) is 22.3. The van der Waals surface area contributed by atoms with Gasteiger partial charge in [0.15, 0.2) is 0 Å². The predicted molar refractivity (Wildman–Crippen MR) is 208 cm³/mol. The number of benzene rings is 4. The number of allylic oxidation sites excluding steroid dienone is 4. The molecule has 9 heteroatoms. The third-order valence-corrected chi connectivity index (χ3v) is 18.6. The van der Waals surface area contributed by atoms with Crippen LogP contribution in [0.25, 0.3) is 11.1 Å². The molecule has 0 aliphatic heterocycles. The van der Waals surface area contributed by atoms with Crippen LogP contribution < -0.4 is 28.1 Å². The smallest absolute Gasteiger partial charge is 1.00 e. The fourth-order valence-corrected chi connectivity index (χ4v) is 15.7. The van der Waals surface area contributed by atoms with Crippen LogP contribution in [0, 0.1) is 0 Å². The molecule has 0 bridgehead atoms. The van der Waals surface area contributed by atoms with Crippen LogP contribution in [0.2, 0.25) is 3.63 Å². The van der Waals surface area contributed by atoms with E-state index in [-0.39, 0.29) is 35.6 Å². The largest absolute Gasteiger partial charge is 1.00 e. The zero-order valence-corrected chi connectivity index (χ0v) is 37.1. The van der Waals surface area contributed by atoms with Crippen molar-refractivity contribution in [2.24, 2.45) is 0 Å². The molecule has 0 aromatic heterocycles. The van der Waals surface area contributed by atoms with E-state index in [0.29, 0.717) is 14.8 Å². The van der Waals surface area contributed by atoms with E-state index in [0.717, 1.165) is 17.5 Å². The van der Waals surface area contributed by atoms with E-state index < -0.39 is 28.9 Å². The SMILES string of the molecule is CC(C)(C)c1ccc2c(c1)-c1cc(C(C)(C)C)c[c]([Zr+2](=[C](c3ccc(C(Cl)(Cl)Cl)cc3)c3ccc(C(Cl)(Cl)Cl)cc3)[CH]3C=CC=C3)c1C2.[Cl-].[Cl-]. The molecule has 6 rings (SSSR count). The van der Waals surface area contributed by atoms with Gasteiger partial charge < -0.3 is 24.8 Å². The monoisotopic (exact) mass is 900 g/mol. The van der Waals surface area contributed by atoms with Gasteiger partial charge in [-0.25, -0.2) is 0 Å². The van der Waals surface area contributed by atoms with Gasteiger partial charge in [-0.15, -0.1) is 0 Å². The van der Waals surface area contributed by atoms with Crippen molar-refractivity contribution in [2.45, 2.75) is 70.0 Å². The maximum absolute atomic E-state index is 6.32. The Morgan fingerprint density at radius 1 is 0.560 bits per heavy atom. The minimum Gasteiger partial charge on any atom is -1.00 e. The Kier molecular flexibility index (Phi) is 13.2. The minimum atomic E-state index is -2.97. The Morgan fingerprint density at radius 3 is 1.44 bits per heavy atom. The van der Waals surface area contributed by atoms with E-state index >= 15 is 0 Å². The van der Waals surface area contributed by atoms with Gasteiger partial charge in [-0.05, 0) is 0 Å². The van der Waals surface area contributed by atoms with E-state index in [1.165, 1.54) is 39.9 Å². The van der Waals surface area contributed by atoms with Crippen LogP contribution in [0.4, 0.5) is 0 Å². The molecule has 50 heavy (non-hydrogen) atoms. The quantitative estimate of drug-likeness (QED) is 0.172. The van der Waals surface area contributed by atoms with E-state index in [4.69, 9.17) is 69.6 Å². The van der Waals surface area contributed by atoms with Crippen molar-refractivity contribution in [3.63, 3.8) is 0 Å². The molecular weight excluding hydrogens is 867 g/mol. The number of hydrogen-bond acceptors (Lipinski definition) is 0. The summed E-state index contributed by atoms with van der Waals surface area (Å²) in [5.41, 5.74) is 11.8. The van der Waals surface area contributed by atoms with E-state index in [2.05, 4.69) is 120 Å². The number of rotatable bonds is 4. The van der Waals surface area contributed by atoms with Crippen LogP contribution in [0.15, 0.2) is 103 Å². The van der Waals surface area contributed by atoms with Crippen molar-refractivity contribution in [2.75, 3.05) is 0 Å². The summed E-state index contributed by atoms with van der Waals surface area (Å²) in [7, 11) is 0. The number of hydrogen-bond donors (Lipinski definition) is 0. The van der Waals surface area contributed by atoms with Crippen molar-refractivity contribution >= 4 is 76.1 Å². The van der Waals surface area contributed by atoms with Crippen molar-refractivity contribution in [3.05, 3.63) is 148 Å². The topological polar surface area (TPSA) is 0 Å². The number of fused-ring (bicyclic) bond motifs is 3. The van der Waals surface area contributed by atoms with Gasteiger partial charge in [-0.1, -0.05) is 0 Å². The zero-order chi connectivity index (χ0) is 34.8. The van der Waals surface area contributed by atoms with Crippen LogP contribution in [0.3, 0.4) is 0 Å². The fraction of sp³-hybridized carbons (Fsp3) is 0.293. The normalized spacial score (nSPS) is 14.0. The average Bonchev–Trinajstić information content (AvgIpc) is 3.66. The Bertz CT molecular complexity index is 1890. The van der Waals surface area contributed by atoms with Gasteiger partial charge in [0.2, 0.25) is 0 Å². The maximum atomic E-state index is 6.32. The summed E-state index contributed by atoms with van der Waals surface area (Å²) >= 11 is 34.9. The average molecular weight is 906 g/mol. The molecule has 0 amide bonds. The molecule has 0 saturated carbocycles. The molecular formula is C41H38Cl8Zr. The summed E-state index contributed by atoms with van der Waals surface area (Å²) < 4.78 is 0.146. The van der Waals surface area contributed by atoms with Crippen LogP contribution in [0.1, 0.15) is 86.1 Å². The molecule has 0 N–H and O–H groups in total. The van der Waals surface area contributed by atoms with Gasteiger partial charge in [0, 0.05) is 0 Å². The second-order valence-corrected chi connectivity index (χ2v) is 25.6. The first kappa shape index (κ1) is 42.2. The first-order valence-electron chi connectivity index (χ1n) is 16.1. The summed E-state index contributed by atoms with van der Waals surface area (Å²) in [6.45, 7) is 13.8. The summed E-state index contributed by atoms with van der Waals surface area (Å²) in [6.07, 6.45) is 10.1. The van der Waals surface area contributed by atoms with Crippen molar-refractivity contribution < 1.29 is 46.1 Å². The fourth-order valence-electron chi connectivity index (χ4n) is 6.65. The van der Waals surface area contributed by atoms with Crippen LogP contribution in [-0.4, -0.2) is 3.21 Å². The Morgan fingerprint density at radius 2 is 1.00 bits per heavy atom. The van der Waals surface area contributed by atoms with E-state index in [1.54, 1.807) is 0 Å². The van der Waals surface area contributed by atoms with Gasteiger partial charge in [0.25, 0.3) is 0 Å². The third kappa shape index (κ3) is 8.86. The molecule has 4 aromatic carbocycles. The van der Waals surface area contributed by atoms with Gasteiger partial charge in [-0.3, -0.25) is 0 Å². The Hall–Kier alpha value is -0.567. The molecule has 2 aliphatic rings. The minimum absolute atomic E-state index is 0. The van der Waals surface area contributed by atoms with Crippen LogP contribution in [0.5, 0.6) is 0 Å². The molecule has 2 aliphatic carbocycles. The zero-order valence-electron chi connectivity index (χ0n) is 28.6. The van der Waals surface area contributed by atoms with E-state index in [9.17, 15) is 0 Å². The standard InChI is InChI=1S/C21H25.C15H8Cl6.C5H5.2ClH.Zr/c1-20(2,3)16-9-7-14-11-15-8-10-17(21(4,5)6)13-19(15)18(14)12-16;16-14(17,18)12-5-1-10(2-6-12)9-11-3-7-13(8-4-11)15(19,20)21;1-2-4-5-3-1;;;/h7,9-10,12-13H,11H2,1-6H3;1-8H;1-5H;2*1H;/q;;;;;+2/p-2. The summed E-state index contributed by atoms with van der Waals surface area (Å²) in [4.78, 5) is 0. The first-order valence-corrected chi connectivity index (χ1v) is 22.2. The number of halogens is 8. The molecule has 0 heterocycles. The van der Waals surface area contributed by atoms with Crippen LogP contribution >= 0.6 is 69.6 Å². The van der Waals surface area contributed by atoms with Gasteiger partial charge >= 0.3 is 326 Å². The third-order valence-electron chi connectivity index (χ3n) is 9.39. The second kappa shape index (κ2) is 15.7. The maximum Gasteiger partial charge on any atom is -1.00 e. The molecule has 0 saturated heterocycles. The van der Waals surface area contributed by atoms with Gasteiger partial charge in [-0.2, -0.15) is 0 Å². The molecule has 0 unspecified atom stereocenters. The molecule has 262 valence electrons. The van der Waals surface area contributed by atoms with Crippen molar-refractivity contribution in [3.8, 4) is 11.1 Å². The molecule has 0 fully saturated rings. The Labute approximate surface area is 347 Å². The van der Waals surface area contributed by atoms with Crippen molar-refractivity contribution in [1.29, 1.82) is 0 Å². The summed E-state index contributed by atoms with van der Waals surface area (Å²) in [5, 5.41) is 0. The van der Waals surface area contributed by atoms with Gasteiger partial charge in [0.1, 0.15) is 0 Å². The predicted octanol–water partition coefficient (Wildman–Crippen LogP) is 6.94.